The molecule has 0 fully saturated rings. The van der Waals surface area contributed by atoms with E-state index in [1.54, 1.807) is 42.3 Å². The molecule has 0 bridgehead atoms. The SMILES string of the molecule is CCNC(=O)c1nnc(-c2cc(C(C)C)c(OC)cc2O)n1-c1cccnc1. The third kappa shape index (κ3) is 3.53. The maximum atomic E-state index is 12.5. The normalized spacial score (nSPS) is 10.9. The highest BCUT2D eigenvalue weighted by Gasteiger charge is 2.24. The first-order valence-electron chi connectivity index (χ1n) is 9.03. The molecule has 1 aromatic carbocycles. The third-order valence-electron chi connectivity index (χ3n) is 4.32. The predicted octanol–water partition coefficient (Wildman–Crippen LogP) is 2.92. The van der Waals surface area contributed by atoms with Crippen LogP contribution < -0.4 is 10.1 Å². The summed E-state index contributed by atoms with van der Waals surface area (Å²) in [7, 11) is 1.56. The molecule has 8 heteroatoms. The van der Waals surface area contributed by atoms with Gasteiger partial charge >= 0.3 is 0 Å². The number of benzene rings is 1. The number of nitrogens with zero attached hydrogens (tertiary/aromatic N) is 4. The van der Waals surface area contributed by atoms with E-state index in [1.807, 2.05) is 26.8 Å². The van der Waals surface area contributed by atoms with Crippen molar-refractivity contribution in [1.29, 1.82) is 0 Å². The number of carbonyl (C=O) groups is 1. The van der Waals surface area contributed by atoms with Crippen molar-refractivity contribution in [2.75, 3.05) is 13.7 Å². The number of rotatable bonds is 6. The standard InChI is InChI=1S/C20H23N5O3/c1-5-22-20(27)19-24-23-18(25(19)13-7-6-8-21-11-13)15-9-14(12(2)3)17(28-4)10-16(15)26/h6-12,26H,5H2,1-4H3,(H,22,27). The molecule has 0 saturated carbocycles. The van der Waals surface area contributed by atoms with Gasteiger partial charge in [-0.25, -0.2) is 0 Å². The van der Waals surface area contributed by atoms with E-state index in [-0.39, 0.29) is 23.4 Å². The molecule has 28 heavy (non-hydrogen) atoms. The second-order valence-corrected chi connectivity index (χ2v) is 6.52. The van der Waals surface area contributed by atoms with Crippen molar-refractivity contribution in [3.63, 3.8) is 0 Å². The molecule has 8 nitrogen and oxygen atoms in total. The summed E-state index contributed by atoms with van der Waals surface area (Å²) in [4.78, 5) is 16.6. The van der Waals surface area contributed by atoms with Crippen molar-refractivity contribution in [1.82, 2.24) is 25.1 Å². The Morgan fingerprint density at radius 3 is 2.71 bits per heavy atom. The smallest absolute Gasteiger partial charge is 0.289 e. The molecular formula is C20H23N5O3. The maximum Gasteiger partial charge on any atom is 0.289 e. The Bertz CT molecular complexity index is 983. The van der Waals surface area contributed by atoms with Crippen LogP contribution in [0.1, 0.15) is 42.9 Å². The molecule has 2 N–H and O–H groups in total. The summed E-state index contributed by atoms with van der Waals surface area (Å²) in [6.45, 7) is 6.35. The highest BCUT2D eigenvalue weighted by molar-refractivity contribution is 5.92. The Labute approximate surface area is 163 Å². The number of amides is 1. The second-order valence-electron chi connectivity index (χ2n) is 6.52. The van der Waals surface area contributed by atoms with Crippen molar-refractivity contribution in [2.24, 2.45) is 0 Å². The fourth-order valence-corrected chi connectivity index (χ4v) is 2.97. The van der Waals surface area contributed by atoms with E-state index in [9.17, 15) is 9.90 Å². The molecule has 0 unspecified atom stereocenters. The lowest BCUT2D eigenvalue weighted by Gasteiger charge is -2.16. The van der Waals surface area contributed by atoms with Crippen molar-refractivity contribution >= 4 is 5.91 Å². The first-order valence-corrected chi connectivity index (χ1v) is 9.03. The van der Waals surface area contributed by atoms with Gasteiger partial charge in [0.2, 0.25) is 5.82 Å². The van der Waals surface area contributed by atoms with E-state index in [0.717, 1.165) is 5.56 Å². The number of methoxy groups -OCH3 is 1. The van der Waals surface area contributed by atoms with Gasteiger partial charge in [-0.2, -0.15) is 0 Å². The van der Waals surface area contributed by atoms with Crippen LogP contribution in [0, 0.1) is 0 Å². The number of pyridine rings is 1. The van der Waals surface area contributed by atoms with E-state index >= 15 is 0 Å². The van der Waals surface area contributed by atoms with E-state index < -0.39 is 0 Å². The van der Waals surface area contributed by atoms with Crippen LogP contribution in [0.4, 0.5) is 0 Å². The van der Waals surface area contributed by atoms with Gasteiger partial charge in [0.25, 0.3) is 5.91 Å². The summed E-state index contributed by atoms with van der Waals surface area (Å²) >= 11 is 0. The van der Waals surface area contributed by atoms with Gasteiger partial charge in [-0.1, -0.05) is 13.8 Å². The highest BCUT2D eigenvalue weighted by Crippen LogP contribution is 2.38. The molecule has 0 radical (unpaired) electrons. The van der Waals surface area contributed by atoms with Crippen LogP contribution in [0.2, 0.25) is 0 Å². The van der Waals surface area contributed by atoms with Crippen LogP contribution in [0.3, 0.4) is 0 Å². The Hall–Kier alpha value is -3.42. The number of hydrogen-bond donors (Lipinski definition) is 2. The van der Waals surface area contributed by atoms with Gasteiger partial charge in [0.1, 0.15) is 11.5 Å². The molecule has 0 aliphatic carbocycles. The second kappa shape index (κ2) is 8.08. The van der Waals surface area contributed by atoms with Gasteiger partial charge in [0.05, 0.1) is 24.6 Å². The van der Waals surface area contributed by atoms with Crippen LogP contribution >= 0.6 is 0 Å². The molecule has 1 amide bonds. The minimum Gasteiger partial charge on any atom is -0.507 e. The summed E-state index contributed by atoms with van der Waals surface area (Å²) in [5.74, 6) is 0.838. The number of phenols is 1. The summed E-state index contributed by atoms with van der Waals surface area (Å²) in [5.41, 5.74) is 1.98. The average molecular weight is 381 g/mol. The minimum atomic E-state index is -0.359. The molecule has 3 aromatic rings. The fraction of sp³-hybridized carbons (Fsp3) is 0.300. The number of ether oxygens (including phenoxy) is 1. The Kier molecular flexibility index (Phi) is 5.58. The molecular weight excluding hydrogens is 358 g/mol. The third-order valence-corrected chi connectivity index (χ3v) is 4.32. The van der Waals surface area contributed by atoms with Crippen molar-refractivity contribution in [3.05, 3.63) is 48.0 Å². The van der Waals surface area contributed by atoms with Gasteiger partial charge in [0, 0.05) is 18.8 Å². The van der Waals surface area contributed by atoms with Crippen LogP contribution in [-0.2, 0) is 0 Å². The van der Waals surface area contributed by atoms with E-state index in [4.69, 9.17) is 4.74 Å². The Balaban J connectivity index is 2.26. The molecule has 2 aromatic heterocycles. The first kappa shape index (κ1) is 19.3. The summed E-state index contributed by atoms with van der Waals surface area (Å²) in [5, 5.41) is 21.6. The van der Waals surface area contributed by atoms with Gasteiger partial charge in [-0.3, -0.25) is 14.3 Å². The van der Waals surface area contributed by atoms with E-state index in [1.165, 1.54) is 0 Å². The van der Waals surface area contributed by atoms with Crippen LogP contribution in [0.5, 0.6) is 11.5 Å². The Morgan fingerprint density at radius 1 is 1.32 bits per heavy atom. The van der Waals surface area contributed by atoms with Crippen molar-refractivity contribution in [3.8, 4) is 28.6 Å². The average Bonchev–Trinajstić information content (AvgIpc) is 3.13. The minimum absolute atomic E-state index is 0.0127. The summed E-state index contributed by atoms with van der Waals surface area (Å²) in [6, 6.07) is 6.93. The molecule has 3 rings (SSSR count). The lowest BCUT2D eigenvalue weighted by molar-refractivity contribution is 0.0943. The topological polar surface area (TPSA) is 102 Å². The van der Waals surface area contributed by atoms with Crippen LogP contribution in [0.15, 0.2) is 36.7 Å². The zero-order valence-electron chi connectivity index (χ0n) is 16.3. The zero-order valence-corrected chi connectivity index (χ0v) is 16.3. The monoisotopic (exact) mass is 381 g/mol. The molecule has 0 saturated heterocycles. The lowest BCUT2D eigenvalue weighted by Crippen LogP contribution is -2.26. The van der Waals surface area contributed by atoms with Gasteiger partial charge in [-0.05, 0) is 36.6 Å². The molecule has 0 aliphatic heterocycles. The number of phenolic OH excluding ortho intramolecular Hbond substituents is 1. The molecule has 0 aliphatic rings. The van der Waals surface area contributed by atoms with Crippen molar-refractivity contribution in [2.45, 2.75) is 26.7 Å². The van der Waals surface area contributed by atoms with Gasteiger partial charge in [0.15, 0.2) is 5.82 Å². The summed E-state index contributed by atoms with van der Waals surface area (Å²) in [6.07, 6.45) is 3.25. The maximum absolute atomic E-state index is 12.5. The number of carbonyl (C=O) groups excluding carboxylic acids is 1. The predicted molar refractivity (Wildman–Crippen MR) is 105 cm³/mol. The first-order chi connectivity index (χ1) is 13.5. The van der Waals surface area contributed by atoms with Gasteiger partial charge in [-0.15, -0.1) is 10.2 Å². The van der Waals surface area contributed by atoms with E-state index in [0.29, 0.717) is 29.4 Å². The molecule has 2 heterocycles. The molecule has 0 atom stereocenters. The van der Waals surface area contributed by atoms with Crippen LogP contribution in [-0.4, -0.2) is 44.4 Å². The van der Waals surface area contributed by atoms with Crippen molar-refractivity contribution < 1.29 is 14.6 Å². The molecule has 0 spiro atoms. The summed E-state index contributed by atoms with van der Waals surface area (Å²) < 4.78 is 6.98. The van der Waals surface area contributed by atoms with Gasteiger partial charge < -0.3 is 15.2 Å². The number of hydrogen-bond acceptors (Lipinski definition) is 6. The largest absolute Gasteiger partial charge is 0.507 e. The number of aromatic hydroxyl groups is 1. The lowest BCUT2D eigenvalue weighted by atomic mass is 9.98. The number of nitrogens with one attached hydrogen (secondary N) is 1. The molecule has 146 valence electrons. The van der Waals surface area contributed by atoms with Crippen LogP contribution in [0.25, 0.3) is 17.1 Å². The van der Waals surface area contributed by atoms with E-state index in [2.05, 4.69) is 20.5 Å². The fourth-order valence-electron chi connectivity index (χ4n) is 2.97. The zero-order chi connectivity index (χ0) is 20.3. The quantitative estimate of drug-likeness (QED) is 0.681. The number of aromatic nitrogens is 4. The Morgan fingerprint density at radius 2 is 2.11 bits per heavy atom. The highest BCUT2D eigenvalue weighted by atomic mass is 16.5.